The molecule has 168 valence electrons. The van der Waals surface area contributed by atoms with Crippen LogP contribution < -0.4 is 15.0 Å². The minimum absolute atomic E-state index is 0.202. The van der Waals surface area contributed by atoms with E-state index in [1.807, 2.05) is 38.4 Å². The fourth-order valence-electron chi connectivity index (χ4n) is 3.21. The van der Waals surface area contributed by atoms with Crippen LogP contribution in [0, 0.1) is 0 Å². The number of benzene rings is 1. The van der Waals surface area contributed by atoms with Gasteiger partial charge in [0, 0.05) is 31.5 Å². The van der Waals surface area contributed by atoms with E-state index >= 15 is 0 Å². The van der Waals surface area contributed by atoms with E-state index in [1.165, 1.54) is 17.4 Å². The Kier molecular flexibility index (Phi) is 8.39. The average molecular weight is 431 g/mol. The van der Waals surface area contributed by atoms with Crippen molar-refractivity contribution in [3.8, 4) is 5.75 Å². The molecule has 1 atom stereocenters. The van der Waals surface area contributed by atoms with E-state index in [1.54, 1.807) is 6.07 Å². The van der Waals surface area contributed by atoms with Crippen LogP contribution in [0.15, 0.2) is 42.9 Å². The van der Waals surface area contributed by atoms with Crippen molar-refractivity contribution in [2.24, 2.45) is 0 Å². The number of carbonyl (C=O) groups is 1. The van der Waals surface area contributed by atoms with Crippen molar-refractivity contribution >= 4 is 17.6 Å². The second-order valence-corrected chi connectivity index (χ2v) is 7.45. The summed E-state index contributed by atoms with van der Waals surface area (Å²) < 4.78 is 11.2. The quantitative estimate of drug-likeness (QED) is 0.582. The summed E-state index contributed by atoms with van der Waals surface area (Å²) >= 11 is 0. The third-order valence-electron chi connectivity index (χ3n) is 4.91. The first-order chi connectivity index (χ1) is 15.0. The summed E-state index contributed by atoms with van der Waals surface area (Å²) in [4.78, 5) is 25.4. The molecule has 2 aromatic rings. The number of nitrogens with zero attached hydrogens (tertiary/aromatic N) is 5. The molecule has 0 saturated carbocycles. The Labute approximate surface area is 182 Å². The zero-order valence-electron chi connectivity index (χ0n) is 18.0. The highest BCUT2D eigenvalue weighted by molar-refractivity contribution is 5.84. The highest BCUT2D eigenvalue weighted by Crippen LogP contribution is 2.19. The van der Waals surface area contributed by atoms with Crippen molar-refractivity contribution in [1.82, 2.24) is 19.8 Å². The number of hydrogen-bond donors (Lipinski definition) is 2. The summed E-state index contributed by atoms with van der Waals surface area (Å²) in [6.45, 7) is 4.29. The van der Waals surface area contributed by atoms with E-state index in [0.717, 1.165) is 18.0 Å². The topological polar surface area (TPSA) is 103 Å². The summed E-state index contributed by atoms with van der Waals surface area (Å²) in [7, 11) is 4.01. The van der Waals surface area contributed by atoms with Crippen LogP contribution in [-0.4, -0.2) is 97.2 Å². The minimum Gasteiger partial charge on any atom is -0.492 e. The van der Waals surface area contributed by atoms with Crippen LogP contribution >= 0.6 is 0 Å². The normalized spacial score (nSPS) is 15.5. The molecular weight excluding hydrogens is 400 g/mol. The summed E-state index contributed by atoms with van der Waals surface area (Å²) in [5.41, 5.74) is 0.879. The molecule has 10 heteroatoms. The van der Waals surface area contributed by atoms with E-state index in [9.17, 15) is 9.90 Å². The molecule has 0 bridgehead atoms. The molecule has 1 saturated heterocycles. The van der Waals surface area contributed by atoms with Gasteiger partial charge in [-0.1, -0.05) is 0 Å². The largest absolute Gasteiger partial charge is 0.492 e. The molecule has 1 amide bonds. The van der Waals surface area contributed by atoms with Crippen molar-refractivity contribution in [2.75, 3.05) is 70.3 Å². The molecule has 1 aliphatic heterocycles. The zero-order valence-corrected chi connectivity index (χ0v) is 18.0. The molecule has 2 N–H and O–H groups in total. The zero-order chi connectivity index (χ0) is 22.1. The number of anilines is 2. The number of carboxylic acid groups (broad SMARTS) is 1. The van der Waals surface area contributed by atoms with Gasteiger partial charge >= 0.3 is 6.09 Å². The van der Waals surface area contributed by atoms with Crippen LogP contribution in [0.1, 0.15) is 0 Å². The van der Waals surface area contributed by atoms with Gasteiger partial charge in [0.15, 0.2) is 0 Å². The lowest BCUT2D eigenvalue weighted by molar-refractivity contribution is 0.0234. The van der Waals surface area contributed by atoms with Crippen LogP contribution in [0.3, 0.4) is 0 Å². The van der Waals surface area contributed by atoms with Gasteiger partial charge < -0.3 is 24.8 Å². The standard InChI is InChI=1S/C21H30N6O4/c1-25(2)9-14-31-18-5-3-17(4-6-18)24-20(26-10-12-30-13-11-26)15-27(21(28)29)19-7-8-22-16-23-19/h3-8,16,20,24H,9-15H2,1-2H3,(H,28,29). The first-order valence-electron chi connectivity index (χ1n) is 10.3. The van der Waals surface area contributed by atoms with E-state index < -0.39 is 6.09 Å². The molecule has 0 aliphatic carbocycles. The van der Waals surface area contributed by atoms with Gasteiger partial charge in [-0.05, 0) is 44.4 Å². The number of hydrogen-bond acceptors (Lipinski definition) is 8. The Bertz CT molecular complexity index is 799. The SMILES string of the molecule is CN(C)CCOc1ccc(NC(CN(C(=O)O)c2ccncn2)N2CCOCC2)cc1. The smallest absolute Gasteiger partial charge is 0.413 e. The molecular formula is C21H30N6O4. The van der Waals surface area contributed by atoms with Crippen molar-refractivity contribution in [1.29, 1.82) is 0 Å². The van der Waals surface area contributed by atoms with E-state index in [-0.39, 0.29) is 12.7 Å². The summed E-state index contributed by atoms with van der Waals surface area (Å²) in [6.07, 6.45) is 1.56. The van der Waals surface area contributed by atoms with Crippen LogP contribution in [0.4, 0.5) is 16.3 Å². The maximum Gasteiger partial charge on any atom is 0.413 e. The van der Waals surface area contributed by atoms with Crippen LogP contribution in [0.2, 0.25) is 0 Å². The van der Waals surface area contributed by atoms with Crippen molar-refractivity contribution in [3.05, 3.63) is 42.9 Å². The number of ether oxygens (including phenoxy) is 2. The number of morpholine rings is 1. The van der Waals surface area contributed by atoms with Gasteiger partial charge in [0.05, 0.1) is 25.9 Å². The Hall–Kier alpha value is -2.95. The summed E-state index contributed by atoms with van der Waals surface area (Å²) in [5, 5.41) is 13.2. The van der Waals surface area contributed by atoms with Crippen LogP contribution in [0.5, 0.6) is 5.75 Å². The van der Waals surface area contributed by atoms with Crippen molar-refractivity contribution < 1.29 is 19.4 Å². The number of amides is 1. The van der Waals surface area contributed by atoms with Gasteiger partial charge in [-0.15, -0.1) is 0 Å². The number of aromatic nitrogens is 2. The highest BCUT2D eigenvalue weighted by Gasteiger charge is 2.27. The molecule has 1 aromatic carbocycles. The predicted octanol–water partition coefficient (Wildman–Crippen LogP) is 1.67. The fraction of sp³-hybridized carbons (Fsp3) is 0.476. The highest BCUT2D eigenvalue weighted by atomic mass is 16.5. The Balaban J connectivity index is 1.71. The van der Waals surface area contributed by atoms with Gasteiger partial charge in [0.25, 0.3) is 0 Å². The molecule has 2 heterocycles. The molecule has 0 spiro atoms. The predicted molar refractivity (Wildman–Crippen MR) is 118 cm³/mol. The lowest BCUT2D eigenvalue weighted by Crippen LogP contribution is -2.53. The second kappa shape index (κ2) is 11.4. The first kappa shape index (κ1) is 22.7. The summed E-state index contributed by atoms with van der Waals surface area (Å²) in [5.74, 6) is 1.13. The molecule has 0 radical (unpaired) electrons. The van der Waals surface area contributed by atoms with Gasteiger partial charge in [-0.2, -0.15) is 0 Å². The van der Waals surface area contributed by atoms with E-state index in [4.69, 9.17) is 9.47 Å². The lowest BCUT2D eigenvalue weighted by atomic mass is 10.2. The Morgan fingerprint density at radius 2 is 2.00 bits per heavy atom. The van der Waals surface area contributed by atoms with Gasteiger partial charge in [-0.3, -0.25) is 9.80 Å². The monoisotopic (exact) mass is 430 g/mol. The maximum absolute atomic E-state index is 11.9. The number of rotatable bonds is 10. The van der Waals surface area contributed by atoms with Crippen LogP contribution in [-0.2, 0) is 4.74 Å². The number of likely N-dealkylation sites (N-methyl/N-ethyl adjacent to an activating group) is 1. The van der Waals surface area contributed by atoms with Crippen molar-refractivity contribution in [3.63, 3.8) is 0 Å². The van der Waals surface area contributed by atoms with Gasteiger partial charge in [-0.25, -0.2) is 14.8 Å². The minimum atomic E-state index is -1.07. The molecule has 31 heavy (non-hydrogen) atoms. The third-order valence-corrected chi connectivity index (χ3v) is 4.91. The lowest BCUT2D eigenvalue weighted by Gasteiger charge is -2.37. The fourth-order valence-corrected chi connectivity index (χ4v) is 3.21. The van der Waals surface area contributed by atoms with E-state index in [2.05, 4.69) is 25.1 Å². The summed E-state index contributed by atoms with van der Waals surface area (Å²) in [6, 6.07) is 9.29. The molecule has 10 nitrogen and oxygen atoms in total. The molecule has 3 rings (SSSR count). The Morgan fingerprint density at radius 1 is 1.26 bits per heavy atom. The molecule has 1 unspecified atom stereocenters. The van der Waals surface area contributed by atoms with Gasteiger partial charge in [0.1, 0.15) is 24.5 Å². The third kappa shape index (κ3) is 7.06. The molecule has 1 aromatic heterocycles. The van der Waals surface area contributed by atoms with Crippen molar-refractivity contribution in [2.45, 2.75) is 6.17 Å². The first-order valence-corrected chi connectivity index (χ1v) is 10.3. The average Bonchev–Trinajstić information content (AvgIpc) is 2.78. The van der Waals surface area contributed by atoms with Gasteiger partial charge in [0.2, 0.25) is 0 Å². The molecule has 1 aliphatic rings. The second-order valence-electron chi connectivity index (χ2n) is 7.45. The maximum atomic E-state index is 11.9. The van der Waals surface area contributed by atoms with Crippen LogP contribution in [0.25, 0.3) is 0 Å². The number of nitrogens with one attached hydrogen (secondary N) is 1. The molecule has 1 fully saturated rings. The Morgan fingerprint density at radius 3 is 2.61 bits per heavy atom. The van der Waals surface area contributed by atoms with E-state index in [0.29, 0.717) is 38.7 Å².